The Bertz CT molecular complexity index is 1170. The van der Waals surface area contributed by atoms with E-state index in [0.29, 0.717) is 0 Å². The first-order chi connectivity index (χ1) is 12.3. The Kier molecular flexibility index (Phi) is 3.38. The van der Waals surface area contributed by atoms with Gasteiger partial charge >= 0.3 is 5.97 Å². The molecule has 0 atom stereocenters. The van der Waals surface area contributed by atoms with Crippen molar-refractivity contribution in [1.29, 1.82) is 0 Å². The van der Waals surface area contributed by atoms with Gasteiger partial charge in [-0.15, -0.1) is 0 Å². The summed E-state index contributed by atoms with van der Waals surface area (Å²) in [5, 5.41) is 13.5. The molecule has 0 saturated heterocycles. The number of carbonyl (C=O) groups is 1. The number of rotatable bonds is 2. The molecule has 0 radical (unpaired) electrons. The van der Waals surface area contributed by atoms with E-state index in [2.05, 4.69) is 5.10 Å². The number of carboxylic acid groups (broad SMARTS) is 1. The number of aromatic nitrogens is 2. The number of carboxylic acids is 1. The Balaban J connectivity index is 2.18. The van der Waals surface area contributed by atoms with Gasteiger partial charge in [0.15, 0.2) is 5.69 Å². The van der Waals surface area contributed by atoms with E-state index in [1.165, 1.54) is 31.3 Å². The van der Waals surface area contributed by atoms with E-state index in [-0.39, 0.29) is 27.5 Å². The zero-order valence-corrected chi connectivity index (χ0v) is 14.2. The summed E-state index contributed by atoms with van der Waals surface area (Å²) in [6, 6.07) is 11.9. The Hall–Kier alpha value is -3.20. The average molecular weight is 373 g/mol. The molecule has 26 heavy (non-hydrogen) atoms. The Morgan fingerprint density at radius 2 is 1.77 bits per heavy atom. The molecule has 2 aromatic carbocycles. The number of hydrogen-bond acceptors (Lipinski definition) is 4. The molecular formula is C17H12FN3O4S. The fraction of sp³-hybridized carbons (Fsp3) is 0.0588. The molecule has 4 rings (SSSR count). The van der Waals surface area contributed by atoms with Crippen LogP contribution in [0, 0.1) is 5.82 Å². The molecular weight excluding hydrogens is 361 g/mol. The van der Waals surface area contributed by atoms with Crippen LogP contribution in [-0.4, -0.2) is 36.3 Å². The Morgan fingerprint density at radius 3 is 2.46 bits per heavy atom. The summed E-state index contributed by atoms with van der Waals surface area (Å²) in [6.45, 7) is 0. The zero-order valence-electron chi connectivity index (χ0n) is 13.4. The van der Waals surface area contributed by atoms with E-state index >= 15 is 0 Å². The summed E-state index contributed by atoms with van der Waals surface area (Å²) in [4.78, 5) is 11.7. The minimum atomic E-state index is -3.95. The van der Waals surface area contributed by atoms with Crippen LogP contribution in [0.5, 0.6) is 0 Å². The first-order valence-electron chi connectivity index (χ1n) is 7.53. The van der Waals surface area contributed by atoms with Gasteiger partial charge in [0, 0.05) is 12.6 Å². The van der Waals surface area contributed by atoms with Crippen LogP contribution in [0.25, 0.3) is 16.9 Å². The number of nitrogens with zero attached hydrogens (tertiary/aromatic N) is 3. The van der Waals surface area contributed by atoms with E-state index < -0.39 is 27.5 Å². The predicted octanol–water partition coefficient (Wildman–Crippen LogP) is 2.52. The number of anilines is 1. The quantitative estimate of drug-likeness (QED) is 0.745. The van der Waals surface area contributed by atoms with Crippen LogP contribution in [-0.2, 0) is 10.0 Å². The van der Waals surface area contributed by atoms with Crippen LogP contribution >= 0.6 is 0 Å². The number of para-hydroxylation sites is 1. The lowest BCUT2D eigenvalue weighted by Gasteiger charge is -2.27. The van der Waals surface area contributed by atoms with Crippen molar-refractivity contribution >= 4 is 21.7 Å². The lowest BCUT2D eigenvalue weighted by Crippen LogP contribution is -2.31. The van der Waals surface area contributed by atoms with E-state index in [4.69, 9.17) is 0 Å². The maximum absolute atomic E-state index is 14.3. The molecule has 3 aromatic rings. The summed E-state index contributed by atoms with van der Waals surface area (Å²) in [7, 11) is -2.69. The Morgan fingerprint density at radius 1 is 1.12 bits per heavy atom. The second kappa shape index (κ2) is 5.40. The van der Waals surface area contributed by atoms with Gasteiger partial charge in [0.2, 0.25) is 0 Å². The highest BCUT2D eigenvalue weighted by molar-refractivity contribution is 7.93. The van der Waals surface area contributed by atoms with Gasteiger partial charge in [0.05, 0.1) is 4.90 Å². The van der Waals surface area contributed by atoms with E-state index in [9.17, 15) is 22.7 Å². The SMILES string of the molecule is CN1c2c(C(=O)O)nn(-c3ccccc3F)c2-c2ccccc2S1(=O)=O. The number of sulfonamides is 1. The van der Waals surface area contributed by atoms with Crippen molar-refractivity contribution in [2.45, 2.75) is 4.90 Å². The summed E-state index contributed by atoms with van der Waals surface area (Å²) >= 11 is 0. The predicted molar refractivity (Wildman–Crippen MR) is 91.5 cm³/mol. The molecule has 0 amide bonds. The standard InChI is InChI=1S/C17H12FN3O4S/c1-20-16-14(17(22)23)19-21(12-8-4-3-7-11(12)18)15(16)10-6-2-5-9-13(10)26(20,24)25/h2-9H,1H3,(H,22,23). The molecule has 0 saturated carbocycles. The molecule has 0 bridgehead atoms. The molecule has 0 aliphatic carbocycles. The maximum atomic E-state index is 14.3. The van der Waals surface area contributed by atoms with Crippen LogP contribution < -0.4 is 4.31 Å². The first-order valence-corrected chi connectivity index (χ1v) is 8.97. The molecule has 1 aliphatic heterocycles. The number of benzene rings is 2. The summed E-state index contributed by atoms with van der Waals surface area (Å²) in [6.07, 6.45) is 0. The van der Waals surface area contributed by atoms with Crippen molar-refractivity contribution in [2.75, 3.05) is 11.4 Å². The van der Waals surface area contributed by atoms with Crippen LogP contribution in [0.4, 0.5) is 10.1 Å². The summed E-state index contributed by atoms with van der Waals surface area (Å²) in [5.41, 5.74) is -0.0636. The molecule has 2 heterocycles. The maximum Gasteiger partial charge on any atom is 0.358 e. The molecule has 9 heteroatoms. The van der Waals surface area contributed by atoms with Crippen LogP contribution in [0.3, 0.4) is 0 Å². The molecule has 0 unspecified atom stereocenters. The second-order valence-corrected chi connectivity index (χ2v) is 7.62. The van der Waals surface area contributed by atoms with E-state index in [1.54, 1.807) is 24.3 Å². The van der Waals surface area contributed by atoms with Gasteiger partial charge in [-0.05, 0) is 18.2 Å². The van der Waals surface area contributed by atoms with Crippen LogP contribution in [0.2, 0.25) is 0 Å². The highest BCUT2D eigenvalue weighted by Crippen LogP contribution is 2.45. The highest BCUT2D eigenvalue weighted by atomic mass is 32.2. The van der Waals surface area contributed by atoms with Gasteiger partial charge in [0.1, 0.15) is 22.9 Å². The molecule has 0 spiro atoms. The minimum Gasteiger partial charge on any atom is -0.476 e. The molecule has 7 nitrogen and oxygen atoms in total. The van der Waals surface area contributed by atoms with Crippen molar-refractivity contribution in [3.8, 4) is 16.9 Å². The highest BCUT2D eigenvalue weighted by Gasteiger charge is 2.40. The molecule has 1 N–H and O–H groups in total. The minimum absolute atomic E-state index is 0.00410. The van der Waals surface area contributed by atoms with E-state index in [0.717, 1.165) is 8.99 Å². The first kappa shape index (κ1) is 16.3. The number of fused-ring (bicyclic) bond motifs is 3. The fourth-order valence-corrected chi connectivity index (χ4v) is 4.45. The summed E-state index contributed by atoms with van der Waals surface area (Å²) in [5.74, 6) is -2.01. The molecule has 0 fully saturated rings. The van der Waals surface area contributed by atoms with Gasteiger partial charge < -0.3 is 5.11 Å². The van der Waals surface area contributed by atoms with Gasteiger partial charge in [0.25, 0.3) is 10.0 Å². The monoisotopic (exact) mass is 373 g/mol. The van der Waals surface area contributed by atoms with Gasteiger partial charge in [-0.3, -0.25) is 4.31 Å². The Labute approximate surface area is 148 Å². The number of hydrogen-bond donors (Lipinski definition) is 1. The third-order valence-electron chi connectivity index (χ3n) is 4.24. The van der Waals surface area contributed by atoms with Crippen molar-refractivity contribution in [2.24, 2.45) is 0 Å². The third-order valence-corrected chi connectivity index (χ3v) is 6.05. The summed E-state index contributed by atoms with van der Waals surface area (Å²) < 4.78 is 41.9. The topological polar surface area (TPSA) is 92.5 Å². The normalized spacial score (nSPS) is 14.6. The average Bonchev–Trinajstić information content (AvgIpc) is 3.01. The van der Waals surface area contributed by atoms with Gasteiger partial charge in [-0.25, -0.2) is 22.3 Å². The van der Waals surface area contributed by atoms with Crippen molar-refractivity contribution in [1.82, 2.24) is 9.78 Å². The van der Waals surface area contributed by atoms with Crippen molar-refractivity contribution in [3.05, 3.63) is 60.0 Å². The number of aromatic carboxylic acids is 1. The smallest absolute Gasteiger partial charge is 0.358 e. The van der Waals surface area contributed by atoms with Crippen LogP contribution in [0.15, 0.2) is 53.4 Å². The van der Waals surface area contributed by atoms with Crippen LogP contribution in [0.1, 0.15) is 10.5 Å². The van der Waals surface area contributed by atoms with E-state index in [1.807, 2.05) is 0 Å². The lowest BCUT2D eigenvalue weighted by molar-refractivity contribution is 0.0691. The third kappa shape index (κ3) is 2.07. The second-order valence-electron chi connectivity index (χ2n) is 5.68. The molecule has 132 valence electrons. The molecule has 1 aromatic heterocycles. The molecule has 1 aliphatic rings. The zero-order chi connectivity index (χ0) is 18.6. The number of halogens is 1. The van der Waals surface area contributed by atoms with Crippen molar-refractivity contribution in [3.63, 3.8) is 0 Å². The van der Waals surface area contributed by atoms with Crippen molar-refractivity contribution < 1.29 is 22.7 Å². The van der Waals surface area contributed by atoms with Gasteiger partial charge in [-0.2, -0.15) is 5.10 Å². The largest absolute Gasteiger partial charge is 0.476 e. The van der Waals surface area contributed by atoms with Gasteiger partial charge in [-0.1, -0.05) is 30.3 Å². The fourth-order valence-electron chi connectivity index (χ4n) is 3.05. The lowest BCUT2D eigenvalue weighted by atomic mass is 10.1.